The van der Waals surface area contributed by atoms with Crippen LogP contribution < -0.4 is 0 Å². The van der Waals surface area contributed by atoms with Crippen molar-refractivity contribution in [2.75, 3.05) is 19.6 Å². The highest BCUT2D eigenvalue weighted by molar-refractivity contribution is 5.79. The second kappa shape index (κ2) is 9.19. The second-order valence-corrected chi connectivity index (χ2v) is 10.6. The fourth-order valence-electron chi connectivity index (χ4n) is 7.05. The van der Waals surface area contributed by atoms with Crippen LogP contribution in [0.1, 0.15) is 58.6 Å². The highest BCUT2D eigenvalue weighted by atomic mass is 19.4. The van der Waals surface area contributed by atoms with E-state index in [0.29, 0.717) is 23.8 Å². The SMILES string of the molecule is N#CC(CCCN1CC[C@@H]2[C@@H](C1)C21c2ccccc2C=Cc2ccccc21)c1cccc(C(F)(F)F)c1. The van der Waals surface area contributed by atoms with E-state index in [-0.39, 0.29) is 5.41 Å². The summed E-state index contributed by atoms with van der Waals surface area (Å²) in [6, 6.07) is 25.0. The number of likely N-dealkylation sites (tertiary alicyclic amines) is 1. The molecule has 1 saturated carbocycles. The monoisotopic (exact) mass is 498 g/mol. The number of nitriles is 1. The first kappa shape index (κ1) is 24.0. The predicted molar refractivity (Wildman–Crippen MR) is 140 cm³/mol. The number of alkyl halides is 3. The van der Waals surface area contributed by atoms with Gasteiger partial charge in [-0.15, -0.1) is 0 Å². The number of nitrogens with zero attached hydrogens (tertiary/aromatic N) is 2. The molecule has 6 rings (SSSR count). The Labute approximate surface area is 216 Å². The zero-order chi connectivity index (χ0) is 25.6. The zero-order valence-corrected chi connectivity index (χ0v) is 20.6. The van der Waals surface area contributed by atoms with Crippen LogP contribution in [0.3, 0.4) is 0 Å². The maximum absolute atomic E-state index is 13.1. The minimum Gasteiger partial charge on any atom is -0.303 e. The van der Waals surface area contributed by atoms with Crippen LogP contribution in [0.4, 0.5) is 13.2 Å². The molecule has 3 aromatic rings. The number of halogens is 3. The van der Waals surface area contributed by atoms with Crippen molar-refractivity contribution < 1.29 is 13.2 Å². The standard InChI is InChI=1S/C32H29F3N2/c33-32(34,35)26-11-5-9-24(19-26)25(20-36)10-6-17-37-18-16-29-30(21-37)31(29)27-12-3-1-7-22(27)14-15-23-8-2-4-13-28(23)31/h1-5,7-9,11-15,19,25,29-30H,6,10,16-18,21H2/t25?,29-,30-/m1/s1. The summed E-state index contributed by atoms with van der Waals surface area (Å²) in [5.41, 5.74) is 5.28. The molecule has 1 spiro atoms. The molecule has 0 amide bonds. The minimum absolute atomic E-state index is 0.0403. The van der Waals surface area contributed by atoms with Crippen molar-refractivity contribution in [2.24, 2.45) is 11.8 Å². The molecule has 3 atom stereocenters. The molecule has 2 aliphatic carbocycles. The molecule has 1 saturated heterocycles. The van der Waals surface area contributed by atoms with Gasteiger partial charge in [0.2, 0.25) is 0 Å². The summed E-state index contributed by atoms with van der Waals surface area (Å²) >= 11 is 0. The van der Waals surface area contributed by atoms with Gasteiger partial charge in [0.05, 0.1) is 17.6 Å². The highest BCUT2D eigenvalue weighted by Crippen LogP contribution is 2.68. The van der Waals surface area contributed by atoms with E-state index in [4.69, 9.17) is 0 Å². The van der Waals surface area contributed by atoms with Crippen LogP contribution in [0.5, 0.6) is 0 Å². The van der Waals surface area contributed by atoms with Gasteiger partial charge in [-0.2, -0.15) is 18.4 Å². The normalized spacial score (nSPS) is 22.3. The summed E-state index contributed by atoms with van der Waals surface area (Å²) in [5.74, 6) is 0.625. The third-order valence-electron chi connectivity index (χ3n) is 8.75. The first-order valence-electron chi connectivity index (χ1n) is 13.1. The highest BCUT2D eigenvalue weighted by Gasteiger charge is 2.68. The largest absolute Gasteiger partial charge is 0.416 e. The molecule has 0 bridgehead atoms. The molecule has 1 heterocycles. The Morgan fingerprint density at radius 2 is 1.59 bits per heavy atom. The maximum Gasteiger partial charge on any atom is 0.416 e. The maximum atomic E-state index is 13.1. The Morgan fingerprint density at radius 1 is 0.919 bits per heavy atom. The van der Waals surface area contributed by atoms with Crippen molar-refractivity contribution in [3.63, 3.8) is 0 Å². The van der Waals surface area contributed by atoms with Gasteiger partial charge < -0.3 is 4.90 Å². The number of benzene rings is 3. The van der Waals surface area contributed by atoms with E-state index >= 15 is 0 Å². The molecule has 2 nitrogen and oxygen atoms in total. The van der Waals surface area contributed by atoms with E-state index in [2.05, 4.69) is 71.7 Å². The van der Waals surface area contributed by atoms with Gasteiger partial charge in [0.1, 0.15) is 0 Å². The lowest BCUT2D eigenvalue weighted by Crippen LogP contribution is -2.32. The molecule has 0 N–H and O–H groups in total. The lowest BCUT2D eigenvalue weighted by molar-refractivity contribution is -0.137. The van der Waals surface area contributed by atoms with E-state index in [1.807, 2.05) is 0 Å². The third-order valence-corrected chi connectivity index (χ3v) is 8.75. The third kappa shape index (κ3) is 4.08. The van der Waals surface area contributed by atoms with Crippen molar-refractivity contribution in [1.29, 1.82) is 5.26 Å². The van der Waals surface area contributed by atoms with Crippen LogP contribution in [0, 0.1) is 23.2 Å². The van der Waals surface area contributed by atoms with Crippen LogP contribution >= 0.6 is 0 Å². The van der Waals surface area contributed by atoms with Crippen LogP contribution in [-0.2, 0) is 11.6 Å². The summed E-state index contributed by atoms with van der Waals surface area (Å²) in [4.78, 5) is 2.50. The number of hydrogen-bond acceptors (Lipinski definition) is 2. The Morgan fingerprint density at radius 3 is 2.24 bits per heavy atom. The Kier molecular flexibility index (Phi) is 5.96. The lowest BCUT2D eigenvalue weighted by Gasteiger charge is -2.26. The Balaban J connectivity index is 1.17. The molecule has 37 heavy (non-hydrogen) atoms. The predicted octanol–water partition coefficient (Wildman–Crippen LogP) is 7.51. The van der Waals surface area contributed by atoms with Gasteiger partial charge in [0.25, 0.3) is 0 Å². The Bertz CT molecular complexity index is 1330. The Hall–Kier alpha value is -3.36. The summed E-state index contributed by atoms with van der Waals surface area (Å²) in [7, 11) is 0. The second-order valence-electron chi connectivity index (χ2n) is 10.6. The molecule has 1 aliphatic heterocycles. The van der Waals surface area contributed by atoms with E-state index in [9.17, 15) is 18.4 Å². The fourth-order valence-corrected chi connectivity index (χ4v) is 7.05. The van der Waals surface area contributed by atoms with Crippen molar-refractivity contribution in [3.8, 4) is 6.07 Å². The number of piperidine rings is 1. The smallest absolute Gasteiger partial charge is 0.303 e. The molecular formula is C32H29F3N2. The molecule has 1 unspecified atom stereocenters. The van der Waals surface area contributed by atoms with Crippen molar-refractivity contribution >= 4 is 12.2 Å². The van der Waals surface area contributed by atoms with Gasteiger partial charge in [-0.1, -0.05) is 78.9 Å². The van der Waals surface area contributed by atoms with E-state index in [1.54, 1.807) is 6.07 Å². The molecule has 5 heteroatoms. The van der Waals surface area contributed by atoms with Gasteiger partial charge in [0.15, 0.2) is 0 Å². The molecule has 3 aliphatic rings. The van der Waals surface area contributed by atoms with Crippen LogP contribution in [0.25, 0.3) is 12.2 Å². The van der Waals surface area contributed by atoms with Crippen molar-refractivity contribution in [1.82, 2.24) is 4.90 Å². The average Bonchev–Trinajstić information content (AvgIpc) is 3.61. The van der Waals surface area contributed by atoms with Gasteiger partial charge in [0, 0.05) is 12.0 Å². The quantitative estimate of drug-likeness (QED) is 0.364. The minimum atomic E-state index is -4.40. The van der Waals surface area contributed by atoms with E-state index in [0.717, 1.165) is 44.6 Å². The van der Waals surface area contributed by atoms with Gasteiger partial charge in [-0.3, -0.25) is 0 Å². The number of fused-ring (bicyclic) bond motifs is 7. The molecular weight excluding hydrogens is 469 g/mol. The molecule has 0 aromatic heterocycles. The van der Waals surface area contributed by atoms with Crippen LogP contribution in [0.15, 0.2) is 72.8 Å². The number of rotatable bonds is 5. The fraction of sp³-hybridized carbons (Fsp3) is 0.344. The van der Waals surface area contributed by atoms with Crippen molar-refractivity contribution in [3.05, 3.63) is 106 Å². The van der Waals surface area contributed by atoms with Gasteiger partial charge >= 0.3 is 6.18 Å². The lowest BCUT2D eigenvalue weighted by atomic mass is 9.81. The summed E-state index contributed by atoms with van der Waals surface area (Å²) < 4.78 is 39.4. The van der Waals surface area contributed by atoms with Crippen molar-refractivity contribution in [2.45, 2.75) is 36.8 Å². The topological polar surface area (TPSA) is 27.0 Å². The molecule has 188 valence electrons. The average molecular weight is 499 g/mol. The van der Waals surface area contributed by atoms with Gasteiger partial charge in [-0.05, 0) is 78.1 Å². The van der Waals surface area contributed by atoms with E-state index < -0.39 is 17.7 Å². The summed E-state index contributed by atoms with van der Waals surface area (Å²) in [6.07, 6.45) is 2.58. The number of hydrogen-bond donors (Lipinski definition) is 0. The van der Waals surface area contributed by atoms with Crippen LogP contribution in [-0.4, -0.2) is 24.5 Å². The van der Waals surface area contributed by atoms with Crippen LogP contribution in [0.2, 0.25) is 0 Å². The summed E-state index contributed by atoms with van der Waals surface area (Å²) in [6.45, 7) is 2.88. The molecule has 0 radical (unpaired) electrons. The zero-order valence-electron chi connectivity index (χ0n) is 20.6. The van der Waals surface area contributed by atoms with Gasteiger partial charge in [-0.25, -0.2) is 0 Å². The first-order chi connectivity index (χ1) is 17.9. The molecule has 2 fully saturated rings. The van der Waals surface area contributed by atoms with E-state index in [1.165, 1.54) is 28.3 Å². The first-order valence-corrected chi connectivity index (χ1v) is 13.1. The summed E-state index contributed by atoms with van der Waals surface area (Å²) in [5, 5.41) is 9.69. The molecule has 3 aromatic carbocycles.